The first-order valence-electron chi connectivity index (χ1n) is 6.04. The normalized spacial score (nSPS) is 18.9. The molecule has 1 aromatic carbocycles. The molecule has 1 aliphatic rings. The third kappa shape index (κ3) is 2.99. The molecule has 1 unspecified atom stereocenters. The smallest absolute Gasteiger partial charge is 0.294 e. The Labute approximate surface area is 125 Å². The molecule has 1 aromatic rings. The molecule has 1 amide bonds. The van der Waals surface area contributed by atoms with Gasteiger partial charge in [-0.3, -0.25) is 14.9 Å². The molecule has 1 fully saturated rings. The number of halogens is 1. The molecule has 1 saturated heterocycles. The standard InChI is InChI=1S/C12H14ClN3O3S/c1-7-6-15(2-3-20-7)12(17)8-4-9(13)11(14)10(5-8)16(18)19/h4-5,7H,2-3,6,14H2,1H3. The summed E-state index contributed by atoms with van der Waals surface area (Å²) in [5.74, 6) is 0.611. The predicted octanol–water partition coefficient (Wildman–Crippen LogP) is 2.41. The first-order chi connectivity index (χ1) is 9.40. The van der Waals surface area contributed by atoms with Gasteiger partial charge in [0.25, 0.3) is 11.6 Å². The molecule has 20 heavy (non-hydrogen) atoms. The zero-order valence-corrected chi connectivity index (χ0v) is 12.4. The highest BCUT2D eigenvalue weighted by Gasteiger charge is 2.25. The lowest BCUT2D eigenvalue weighted by Crippen LogP contribution is -2.41. The molecule has 1 heterocycles. The van der Waals surface area contributed by atoms with Crippen LogP contribution in [0.2, 0.25) is 5.02 Å². The van der Waals surface area contributed by atoms with Crippen molar-refractivity contribution in [1.29, 1.82) is 0 Å². The number of rotatable bonds is 2. The van der Waals surface area contributed by atoms with E-state index in [1.807, 2.05) is 6.92 Å². The summed E-state index contributed by atoms with van der Waals surface area (Å²) in [5.41, 5.74) is 5.31. The van der Waals surface area contributed by atoms with Gasteiger partial charge in [0.05, 0.1) is 9.95 Å². The van der Waals surface area contributed by atoms with Crippen LogP contribution in [0.15, 0.2) is 12.1 Å². The largest absolute Gasteiger partial charge is 0.392 e. The number of nitrogens with two attached hydrogens (primary N) is 1. The lowest BCUT2D eigenvalue weighted by atomic mass is 10.1. The van der Waals surface area contributed by atoms with Gasteiger partial charge in [0, 0.05) is 35.7 Å². The average molecular weight is 316 g/mol. The van der Waals surface area contributed by atoms with Gasteiger partial charge < -0.3 is 10.6 Å². The molecular formula is C12H14ClN3O3S. The van der Waals surface area contributed by atoms with Gasteiger partial charge in [-0.15, -0.1) is 0 Å². The number of thioether (sulfide) groups is 1. The van der Waals surface area contributed by atoms with E-state index in [9.17, 15) is 14.9 Å². The highest BCUT2D eigenvalue weighted by Crippen LogP contribution is 2.31. The number of hydrogen-bond donors (Lipinski definition) is 1. The number of benzene rings is 1. The predicted molar refractivity (Wildman–Crippen MR) is 80.3 cm³/mol. The van der Waals surface area contributed by atoms with Gasteiger partial charge in [0.15, 0.2) is 0 Å². The Morgan fingerprint density at radius 3 is 2.90 bits per heavy atom. The van der Waals surface area contributed by atoms with E-state index >= 15 is 0 Å². The summed E-state index contributed by atoms with van der Waals surface area (Å²) in [6.07, 6.45) is 0. The third-order valence-corrected chi connectivity index (χ3v) is 4.53. The van der Waals surface area contributed by atoms with Crippen LogP contribution in [-0.4, -0.2) is 39.8 Å². The number of anilines is 1. The number of nitro benzene ring substituents is 1. The van der Waals surface area contributed by atoms with Gasteiger partial charge >= 0.3 is 0 Å². The van der Waals surface area contributed by atoms with Crippen molar-refractivity contribution in [3.63, 3.8) is 0 Å². The Morgan fingerprint density at radius 2 is 2.30 bits per heavy atom. The fourth-order valence-electron chi connectivity index (χ4n) is 2.06. The van der Waals surface area contributed by atoms with Gasteiger partial charge in [-0.1, -0.05) is 18.5 Å². The second-order valence-corrected chi connectivity index (χ2v) is 6.53. The summed E-state index contributed by atoms with van der Waals surface area (Å²) in [6, 6.07) is 2.58. The van der Waals surface area contributed by atoms with Gasteiger partial charge in [0.2, 0.25) is 0 Å². The van der Waals surface area contributed by atoms with Crippen LogP contribution in [0.3, 0.4) is 0 Å². The van der Waals surface area contributed by atoms with E-state index in [-0.39, 0.29) is 27.9 Å². The summed E-state index contributed by atoms with van der Waals surface area (Å²) >= 11 is 7.67. The van der Waals surface area contributed by atoms with Gasteiger partial charge in [0.1, 0.15) is 5.69 Å². The number of amides is 1. The van der Waals surface area contributed by atoms with E-state index in [0.717, 1.165) is 5.75 Å². The van der Waals surface area contributed by atoms with Crippen LogP contribution >= 0.6 is 23.4 Å². The second-order valence-electron chi connectivity index (χ2n) is 4.58. The Hall–Kier alpha value is -1.47. The van der Waals surface area contributed by atoms with E-state index in [0.29, 0.717) is 18.3 Å². The molecule has 8 heteroatoms. The number of nitrogen functional groups attached to an aromatic ring is 1. The summed E-state index contributed by atoms with van der Waals surface area (Å²) in [5, 5.41) is 11.3. The maximum atomic E-state index is 12.4. The van der Waals surface area contributed by atoms with Crippen molar-refractivity contribution >= 4 is 40.6 Å². The van der Waals surface area contributed by atoms with Crippen molar-refractivity contribution in [2.24, 2.45) is 0 Å². The number of nitrogens with zero attached hydrogens (tertiary/aromatic N) is 2. The maximum absolute atomic E-state index is 12.4. The molecule has 2 rings (SSSR count). The van der Waals surface area contributed by atoms with E-state index in [1.54, 1.807) is 16.7 Å². The minimum Gasteiger partial charge on any atom is -0.392 e. The Balaban J connectivity index is 2.32. The summed E-state index contributed by atoms with van der Waals surface area (Å²) < 4.78 is 0. The van der Waals surface area contributed by atoms with Crippen LogP contribution in [0.25, 0.3) is 0 Å². The molecule has 0 saturated carbocycles. The minimum absolute atomic E-state index is 0.0296. The van der Waals surface area contributed by atoms with Crippen molar-refractivity contribution in [3.8, 4) is 0 Å². The average Bonchev–Trinajstić information content (AvgIpc) is 2.40. The van der Waals surface area contributed by atoms with Crippen molar-refractivity contribution < 1.29 is 9.72 Å². The van der Waals surface area contributed by atoms with Crippen molar-refractivity contribution in [2.45, 2.75) is 12.2 Å². The molecule has 0 spiro atoms. The Kier molecular flexibility index (Phi) is 4.39. The fraction of sp³-hybridized carbons (Fsp3) is 0.417. The van der Waals surface area contributed by atoms with E-state index in [1.165, 1.54) is 12.1 Å². The quantitative estimate of drug-likeness (QED) is 0.514. The molecule has 0 aliphatic carbocycles. The first-order valence-corrected chi connectivity index (χ1v) is 7.47. The molecule has 108 valence electrons. The lowest BCUT2D eigenvalue weighted by molar-refractivity contribution is -0.383. The van der Waals surface area contributed by atoms with Crippen molar-refractivity contribution in [2.75, 3.05) is 24.6 Å². The van der Waals surface area contributed by atoms with Crippen LogP contribution in [0.4, 0.5) is 11.4 Å². The maximum Gasteiger partial charge on any atom is 0.294 e. The molecular weight excluding hydrogens is 302 g/mol. The molecule has 0 aromatic heterocycles. The van der Waals surface area contributed by atoms with Crippen LogP contribution in [0, 0.1) is 10.1 Å². The Morgan fingerprint density at radius 1 is 1.60 bits per heavy atom. The number of carbonyl (C=O) groups excluding carboxylic acids is 1. The monoisotopic (exact) mass is 315 g/mol. The van der Waals surface area contributed by atoms with Crippen LogP contribution in [0.5, 0.6) is 0 Å². The van der Waals surface area contributed by atoms with Crippen LogP contribution in [0.1, 0.15) is 17.3 Å². The molecule has 1 atom stereocenters. The topological polar surface area (TPSA) is 89.5 Å². The van der Waals surface area contributed by atoms with Crippen LogP contribution < -0.4 is 5.73 Å². The minimum atomic E-state index is -0.632. The second kappa shape index (κ2) is 5.88. The highest BCUT2D eigenvalue weighted by molar-refractivity contribution is 7.99. The molecule has 1 aliphatic heterocycles. The summed E-state index contributed by atoms with van der Waals surface area (Å²) in [6.45, 7) is 3.30. The Bertz CT molecular complexity index is 567. The first kappa shape index (κ1) is 14.9. The van der Waals surface area contributed by atoms with Crippen molar-refractivity contribution in [1.82, 2.24) is 4.90 Å². The zero-order chi connectivity index (χ0) is 14.9. The van der Waals surface area contributed by atoms with E-state index < -0.39 is 4.92 Å². The third-order valence-electron chi connectivity index (χ3n) is 3.08. The SMILES string of the molecule is CC1CN(C(=O)c2cc(Cl)c(N)c([N+](=O)[O-])c2)CCS1. The van der Waals surface area contributed by atoms with Crippen molar-refractivity contribution in [3.05, 3.63) is 32.8 Å². The summed E-state index contributed by atoms with van der Waals surface area (Å²) in [4.78, 5) is 24.3. The fourth-order valence-corrected chi connectivity index (χ4v) is 3.29. The number of nitro groups is 1. The van der Waals surface area contributed by atoms with E-state index in [2.05, 4.69) is 0 Å². The van der Waals surface area contributed by atoms with Gasteiger partial charge in [-0.05, 0) is 6.07 Å². The van der Waals surface area contributed by atoms with Crippen LogP contribution in [-0.2, 0) is 0 Å². The number of carbonyl (C=O) groups is 1. The molecule has 0 bridgehead atoms. The molecule has 2 N–H and O–H groups in total. The zero-order valence-electron chi connectivity index (χ0n) is 10.8. The van der Waals surface area contributed by atoms with E-state index in [4.69, 9.17) is 17.3 Å². The van der Waals surface area contributed by atoms with Gasteiger partial charge in [-0.2, -0.15) is 11.8 Å². The lowest BCUT2D eigenvalue weighted by Gasteiger charge is -2.30. The van der Waals surface area contributed by atoms with Gasteiger partial charge in [-0.25, -0.2) is 0 Å². The summed E-state index contributed by atoms with van der Waals surface area (Å²) in [7, 11) is 0. The number of hydrogen-bond acceptors (Lipinski definition) is 5. The molecule has 6 nitrogen and oxygen atoms in total. The highest BCUT2D eigenvalue weighted by atomic mass is 35.5. The molecule has 0 radical (unpaired) electrons.